The highest BCUT2D eigenvalue weighted by Gasteiger charge is 2.42. The molecule has 0 radical (unpaired) electrons. The molecule has 2 aromatic rings. The summed E-state index contributed by atoms with van der Waals surface area (Å²) in [6.45, 7) is 5.96. The number of hydrogen-bond acceptors (Lipinski definition) is 4. The smallest absolute Gasteiger partial charge is 0.141 e. The van der Waals surface area contributed by atoms with E-state index in [0.29, 0.717) is 19.8 Å². The third-order valence-corrected chi connectivity index (χ3v) is 4.08. The van der Waals surface area contributed by atoms with Crippen molar-refractivity contribution in [2.24, 2.45) is 5.73 Å². The summed E-state index contributed by atoms with van der Waals surface area (Å²) < 4.78 is 5.30. The van der Waals surface area contributed by atoms with E-state index in [2.05, 4.69) is 37.0 Å². The predicted molar refractivity (Wildman–Crippen MR) is 78.5 cm³/mol. The Bertz CT molecular complexity index is 630. The summed E-state index contributed by atoms with van der Waals surface area (Å²) in [5, 5.41) is 0. The lowest BCUT2D eigenvalue weighted by atomic mass is 9.85. The van der Waals surface area contributed by atoms with E-state index in [-0.39, 0.29) is 5.41 Å². The molecule has 0 amide bonds. The molecule has 1 aliphatic rings. The van der Waals surface area contributed by atoms with Crippen LogP contribution in [0.15, 0.2) is 30.5 Å². The summed E-state index contributed by atoms with van der Waals surface area (Å²) in [5.74, 6) is 0.793. The van der Waals surface area contributed by atoms with E-state index in [1.54, 1.807) is 0 Å². The molecule has 104 valence electrons. The minimum Gasteiger partial charge on any atom is -0.379 e. The molecule has 1 aromatic carbocycles. The zero-order chi connectivity index (χ0) is 14.2. The van der Waals surface area contributed by atoms with Crippen molar-refractivity contribution in [2.45, 2.75) is 19.3 Å². The fraction of sp³-hybridized carbons (Fsp3) is 0.375. The maximum atomic E-state index is 5.87. The standard InChI is InChI=1S/C16H19N3O/c1-11-3-4-13(7-12(11)2)14-5-6-18-15(19-14)16(8-17)9-20-10-16/h3-7H,8-10,17H2,1-2H3. The van der Waals surface area contributed by atoms with Crippen LogP contribution < -0.4 is 5.73 Å². The number of benzene rings is 1. The lowest BCUT2D eigenvalue weighted by molar-refractivity contribution is -0.0593. The maximum Gasteiger partial charge on any atom is 0.141 e. The fourth-order valence-electron chi connectivity index (χ4n) is 2.36. The molecule has 3 rings (SSSR count). The van der Waals surface area contributed by atoms with Gasteiger partial charge in [-0.25, -0.2) is 9.97 Å². The molecular weight excluding hydrogens is 250 g/mol. The Morgan fingerprint density at radius 3 is 2.60 bits per heavy atom. The van der Waals surface area contributed by atoms with Crippen LogP contribution in [-0.2, 0) is 10.2 Å². The molecule has 4 nitrogen and oxygen atoms in total. The SMILES string of the molecule is Cc1ccc(-c2ccnc(C3(CN)COC3)n2)cc1C. The second kappa shape index (κ2) is 4.96. The van der Waals surface area contributed by atoms with Crippen molar-refractivity contribution in [1.29, 1.82) is 0 Å². The first-order valence-electron chi connectivity index (χ1n) is 6.84. The molecular formula is C16H19N3O. The molecule has 0 atom stereocenters. The van der Waals surface area contributed by atoms with Crippen LogP contribution in [0.5, 0.6) is 0 Å². The van der Waals surface area contributed by atoms with E-state index >= 15 is 0 Å². The summed E-state index contributed by atoms with van der Waals surface area (Å²) in [6, 6.07) is 8.32. The Morgan fingerprint density at radius 1 is 1.20 bits per heavy atom. The van der Waals surface area contributed by atoms with Crippen molar-refractivity contribution in [1.82, 2.24) is 9.97 Å². The highest BCUT2D eigenvalue weighted by molar-refractivity contribution is 5.60. The molecule has 4 heteroatoms. The van der Waals surface area contributed by atoms with Crippen LogP contribution >= 0.6 is 0 Å². The van der Waals surface area contributed by atoms with Crippen LogP contribution in [0.4, 0.5) is 0 Å². The molecule has 2 N–H and O–H groups in total. The molecule has 0 spiro atoms. The monoisotopic (exact) mass is 269 g/mol. The average Bonchev–Trinajstić information content (AvgIpc) is 2.42. The highest BCUT2D eigenvalue weighted by atomic mass is 16.5. The van der Waals surface area contributed by atoms with Gasteiger partial charge in [-0.1, -0.05) is 12.1 Å². The zero-order valence-electron chi connectivity index (χ0n) is 11.9. The van der Waals surface area contributed by atoms with Crippen molar-refractivity contribution < 1.29 is 4.74 Å². The van der Waals surface area contributed by atoms with E-state index in [4.69, 9.17) is 15.5 Å². The third-order valence-electron chi connectivity index (χ3n) is 4.08. The lowest BCUT2D eigenvalue weighted by Gasteiger charge is -2.38. The van der Waals surface area contributed by atoms with Gasteiger partial charge in [0, 0.05) is 18.3 Å². The van der Waals surface area contributed by atoms with Gasteiger partial charge < -0.3 is 10.5 Å². The normalized spacial score (nSPS) is 16.8. The number of hydrogen-bond donors (Lipinski definition) is 1. The van der Waals surface area contributed by atoms with Crippen molar-refractivity contribution in [3.8, 4) is 11.3 Å². The van der Waals surface area contributed by atoms with Crippen molar-refractivity contribution in [2.75, 3.05) is 19.8 Å². The number of nitrogens with two attached hydrogens (primary N) is 1. The van der Waals surface area contributed by atoms with Gasteiger partial charge in [0.15, 0.2) is 0 Å². The fourth-order valence-corrected chi connectivity index (χ4v) is 2.36. The summed E-state index contributed by atoms with van der Waals surface area (Å²) in [4.78, 5) is 9.11. The van der Waals surface area contributed by atoms with Crippen LogP contribution in [0, 0.1) is 13.8 Å². The third kappa shape index (κ3) is 2.11. The summed E-state index contributed by atoms with van der Waals surface area (Å²) in [7, 11) is 0. The molecule has 1 fully saturated rings. The predicted octanol–water partition coefficient (Wildman–Crippen LogP) is 1.99. The second-order valence-electron chi connectivity index (χ2n) is 5.54. The van der Waals surface area contributed by atoms with Gasteiger partial charge in [-0.15, -0.1) is 0 Å². The van der Waals surface area contributed by atoms with Gasteiger partial charge in [-0.05, 0) is 37.1 Å². The van der Waals surface area contributed by atoms with E-state index in [9.17, 15) is 0 Å². The van der Waals surface area contributed by atoms with Gasteiger partial charge in [0.1, 0.15) is 5.82 Å². The first kappa shape index (κ1) is 13.2. The number of aromatic nitrogens is 2. The first-order chi connectivity index (χ1) is 9.64. The van der Waals surface area contributed by atoms with E-state index in [1.807, 2.05) is 12.3 Å². The van der Waals surface area contributed by atoms with Gasteiger partial charge in [0.25, 0.3) is 0 Å². The Kier molecular flexibility index (Phi) is 3.28. The highest BCUT2D eigenvalue weighted by Crippen LogP contribution is 2.30. The van der Waals surface area contributed by atoms with Gasteiger partial charge in [0.05, 0.1) is 24.3 Å². The molecule has 0 saturated carbocycles. The van der Waals surface area contributed by atoms with E-state index in [0.717, 1.165) is 17.1 Å². The topological polar surface area (TPSA) is 61.0 Å². The maximum absolute atomic E-state index is 5.87. The summed E-state index contributed by atoms with van der Waals surface area (Å²) in [6.07, 6.45) is 1.81. The Hall–Kier alpha value is -1.78. The molecule has 0 aliphatic carbocycles. The van der Waals surface area contributed by atoms with Gasteiger partial charge in [0.2, 0.25) is 0 Å². The van der Waals surface area contributed by atoms with E-state index in [1.165, 1.54) is 11.1 Å². The van der Waals surface area contributed by atoms with Crippen molar-refractivity contribution >= 4 is 0 Å². The quantitative estimate of drug-likeness (QED) is 0.925. The molecule has 2 heterocycles. The Morgan fingerprint density at radius 2 is 2.00 bits per heavy atom. The van der Waals surface area contributed by atoms with Crippen LogP contribution in [0.3, 0.4) is 0 Å². The molecule has 1 aliphatic heterocycles. The number of ether oxygens (including phenoxy) is 1. The number of nitrogens with zero attached hydrogens (tertiary/aromatic N) is 2. The minimum atomic E-state index is -0.199. The molecule has 0 unspecified atom stereocenters. The van der Waals surface area contributed by atoms with Gasteiger partial charge in [-0.3, -0.25) is 0 Å². The van der Waals surface area contributed by atoms with Crippen molar-refractivity contribution in [3.63, 3.8) is 0 Å². The van der Waals surface area contributed by atoms with Gasteiger partial charge in [-0.2, -0.15) is 0 Å². The van der Waals surface area contributed by atoms with Gasteiger partial charge >= 0.3 is 0 Å². The molecule has 0 bridgehead atoms. The van der Waals surface area contributed by atoms with Crippen LogP contribution in [0.2, 0.25) is 0 Å². The first-order valence-corrected chi connectivity index (χ1v) is 6.84. The summed E-state index contributed by atoms with van der Waals surface area (Å²) >= 11 is 0. The summed E-state index contributed by atoms with van der Waals surface area (Å²) in [5.41, 5.74) is 10.3. The Labute approximate surface area is 119 Å². The number of aryl methyl sites for hydroxylation is 2. The Balaban J connectivity index is 2.00. The van der Waals surface area contributed by atoms with Crippen LogP contribution in [0.25, 0.3) is 11.3 Å². The second-order valence-corrected chi connectivity index (χ2v) is 5.54. The largest absolute Gasteiger partial charge is 0.379 e. The lowest BCUT2D eigenvalue weighted by Crippen LogP contribution is -2.53. The van der Waals surface area contributed by atoms with Crippen LogP contribution in [-0.4, -0.2) is 29.7 Å². The average molecular weight is 269 g/mol. The molecule has 20 heavy (non-hydrogen) atoms. The molecule has 1 saturated heterocycles. The minimum absolute atomic E-state index is 0.199. The number of rotatable bonds is 3. The van der Waals surface area contributed by atoms with Crippen molar-refractivity contribution in [3.05, 3.63) is 47.4 Å². The van der Waals surface area contributed by atoms with E-state index < -0.39 is 0 Å². The zero-order valence-corrected chi connectivity index (χ0v) is 11.9. The molecule has 1 aromatic heterocycles. The van der Waals surface area contributed by atoms with Crippen LogP contribution in [0.1, 0.15) is 17.0 Å².